The number of ether oxygens (including phenoxy) is 1. The maximum absolute atomic E-state index is 13.0. The van der Waals surface area contributed by atoms with Crippen LogP contribution in [0.25, 0.3) is 0 Å². The molecule has 0 aliphatic carbocycles. The number of piperazine rings is 1. The minimum absolute atomic E-state index is 0.0516. The van der Waals surface area contributed by atoms with E-state index >= 15 is 0 Å². The Morgan fingerprint density at radius 3 is 2.03 bits per heavy atom. The molecular weight excluding hydrogens is 516 g/mol. The molecule has 4 rings (SSSR count). The predicted octanol–water partition coefficient (Wildman–Crippen LogP) is 2.75. The summed E-state index contributed by atoms with van der Waals surface area (Å²) in [5.74, 6) is 0.608. The molecule has 1 aliphatic heterocycles. The Bertz CT molecular complexity index is 1520. The fourth-order valence-electron chi connectivity index (χ4n) is 4.30. The molecule has 198 valence electrons. The van der Waals surface area contributed by atoms with Crippen LogP contribution >= 0.6 is 0 Å². The fraction of sp³-hybridized carbons (Fsp3) is 0.346. The van der Waals surface area contributed by atoms with Gasteiger partial charge < -0.3 is 9.15 Å². The maximum atomic E-state index is 13.0. The van der Waals surface area contributed by atoms with E-state index in [9.17, 15) is 21.6 Å². The predicted molar refractivity (Wildman–Crippen MR) is 139 cm³/mol. The van der Waals surface area contributed by atoms with E-state index in [1.54, 1.807) is 0 Å². The molecule has 9 nitrogen and oxygen atoms in total. The Morgan fingerprint density at radius 1 is 0.865 bits per heavy atom. The van der Waals surface area contributed by atoms with Crippen LogP contribution < -0.4 is 10.2 Å². The van der Waals surface area contributed by atoms with Crippen LogP contribution in [-0.2, 0) is 33.0 Å². The normalized spacial score (nSPS) is 15.5. The second-order valence-electron chi connectivity index (χ2n) is 9.28. The van der Waals surface area contributed by atoms with Crippen molar-refractivity contribution in [3.8, 4) is 5.75 Å². The Labute approximate surface area is 217 Å². The molecule has 2 aromatic carbocycles. The zero-order valence-electron chi connectivity index (χ0n) is 21.0. The van der Waals surface area contributed by atoms with Crippen molar-refractivity contribution >= 4 is 19.9 Å². The molecule has 0 radical (unpaired) electrons. The molecule has 11 heteroatoms. The first kappa shape index (κ1) is 27.1. The van der Waals surface area contributed by atoms with E-state index < -0.39 is 19.9 Å². The van der Waals surface area contributed by atoms with Gasteiger partial charge in [-0.05, 0) is 43.7 Å². The van der Waals surface area contributed by atoms with Crippen molar-refractivity contribution in [2.45, 2.75) is 36.8 Å². The topological polar surface area (TPSA) is 114 Å². The van der Waals surface area contributed by atoms with Gasteiger partial charge in [0.1, 0.15) is 18.6 Å². The highest BCUT2D eigenvalue weighted by Crippen LogP contribution is 2.21. The SMILES string of the molecule is Cc1cc(C)cc(COc2coc(CN3CCN(S(=O)(=O)c4ccc(S(C)(=O)=O)cc4)CC3)cc2=O)c1. The lowest BCUT2D eigenvalue weighted by Crippen LogP contribution is -2.48. The Balaban J connectivity index is 1.33. The summed E-state index contributed by atoms with van der Waals surface area (Å²) in [6, 6.07) is 12.7. The van der Waals surface area contributed by atoms with Gasteiger partial charge in [-0.2, -0.15) is 4.31 Å². The molecule has 0 spiro atoms. The number of nitrogens with zero attached hydrogens (tertiary/aromatic N) is 2. The quantitative estimate of drug-likeness (QED) is 0.424. The summed E-state index contributed by atoms with van der Waals surface area (Å²) >= 11 is 0. The number of hydrogen-bond donors (Lipinski definition) is 0. The summed E-state index contributed by atoms with van der Waals surface area (Å²) in [6.45, 7) is 6.07. The van der Waals surface area contributed by atoms with Crippen molar-refractivity contribution in [1.29, 1.82) is 0 Å². The summed E-state index contributed by atoms with van der Waals surface area (Å²) in [6.07, 6.45) is 2.39. The van der Waals surface area contributed by atoms with Crippen LogP contribution in [0.15, 0.2) is 73.8 Å². The molecule has 0 atom stereocenters. The van der Waals surface area contributed by atoms with Crippen molar-refractivity contribution < 1.29 is 26.0 Å². The summed E-state index contributed by atoms with van der Waals surface area (Å²) < 4.78 is 61.9. The van der Waals surface area contributed by atoms with Gasteiger partial charge >= 0.3 is 0 Å². The van der Waals surface area contributed by atoms with Crippen LogP contribution in [0.2, 0.25) is 0 Å². The molecule has 1 aliphatic rings. The van der Waals surface area contributed by atoms with Crippen LogP contribution in [-0.4, -0.2) is 58.5 Å². The zero-order chi connectivity index (χ0) is 26.8. The summed E-state index contributed by atoms with van der Waals surface area (Å²) in [7, 11) is -7.15. The van der Waals surface area contributed by atoms with Crippen molar-refractivity contribution in [3.05, 3.63) is 87.5 Å². The third-order valence-electron chi connectivity index (χ3n) is 6.13. The van der Waals surface area contributed by atoms with Crippen molar-refractivity contribution in [1.82, 2.24) is 9.21 Å². The lowest BCUT2D eigenvalue weighted by Gasteiger charge is -2.33. The van der Waals surface area contributed by atoms with Crippen LogP contribution in [0.5, 0.6) is 5.75 Å². The van der Waals surface area contributed by atoms with Gasteiger partial charge in [-0.25, -0.2) is 16.8 Å². The smallest absolute Gasteiger partial charge is 0.243 e. The van der Waals surface area contributed by atoms with E-state index in [0.717, 1.165) is 22.9 Å². The summed E-state index contributed by atoms with van der Waals surface area (Å²) in [4.78, 5) is 14.7. The van der Waals surface area contributed by atoms with Gasteiger partial charge in [0.05, 0.1) is 16.3 Å². The van der Waals surface area contributed by atoms with Gasteiger partial charge in [0.25, 0.3) is 0 Å². The molecular formula is C26H30N2O7S2. The van der Waals surface area contributed by atoms with E-state index in [1.165, 1.54) is 40.9 Å². The average Bonchev–Trinajstić information content (AvgIpc) is 2.83. The third-order valence-corrected chi connectivity index (χ3v) is 9.17. The van der Waals surface area contributed by atoms with Gasteiger partial charge in [-0.1, -0.05) is 29.3 Å². The van der Waals surface area contributed by atoms with Gasteiger partial charge in [-0.3, -0.25) is 9.69 Å². The molecule has 1 saturated heterocycles. The lowest BCUT2D eigenvalue weighted by atomic mass is 10.1. The molecule has 0 unspecified atom stereocenters. The minimum Gasteiger partial charge on any atom is -0.482 e. The largest absolute Gasteiger partial charge is 0.482 e. The standard InChI is InChI=1S/C26H30N2O7S2/c1-19-12-20(2)14-21(13-19)17-35-26-18-34-22(15-25(26)29)16-27-8-10-28(11-9-27)37(32,33)24-6-4-23(5-7-24)36(3,30)31/h4-7,12-15,18H,8-11,16-17H2,1-3H3. The first-order chi connectivity index (χ1) is 17.4. The molecule has 0 bridgehead atoms. The monoisotopic (exact) mass is 546 g/mol. The maximum Gasteiger partial charge on any atom is 0.243 e. The van der Waals surface area contributed by atoms with E-state index in [4.69, 9.17) is 9.15 Å². The van der Waals surface area contributed by atoms with E-state index in [0.29, 0.717) is 25.4 Å². The Hall–Kier alpha value is -2.99. The van der Waals surface area contributed by atoms with E-state index in [-0.39, 0.29) is 40.7 Å². The van der Waals surface area contributed by atoms with Gasteiger partial charge in [0, 0.05) is 38.5 Å². The second-order valence-corrected chi connectivity index (χ2v) is 13.2. The van der Waals surface area contributed by atoms with Crippen molar-refractivity contribution in [2.24, 2.45) is 0 Å². The minimum atomic E-state index is -3.75. The van der Waals surface area contributed by atoms with Crippen LogP contribution in [0.1, 0.15) is 22.5 Å². The Morgan fingerprint density at radius 2 is 1.46 bits per heavy atom. The van der Waals surface area contributed by atoms with Gasteiger partial charge in [0.15, 0.2) is 9.84 Å². The number of hydrogen-bond acceptors (Lipinski definition) is 8. The molecule has 2 heterocycles. The molecule has 1 fully saturated rings. The van der Waals surface area contributed by atoms with Crippen LogP contribution in [0.4, 0.5) is 0 Å². The highest BCUT2D eigenvalue weighted by Gasteiger charge is 2.29. The van der Waals surface area contributed by atoms with Crippen LogP contribution in [0.3, 0.4) is 0 Å². The fourth-order valence-corrected chi connectivity index (χ4v) is 6.35. The number of rotatable bonds is 8. The zero-order valence-corrected chi connectivity index (χ0v) is 22.6. The molecule has 1 aromatic heterocycles. The first-order valence-electron chi connectivity index (χ1n) is 11.8. The van der Waals surface area contributed by atoms with Crippen molar-refractivity contribution in [3.63, 3.8) is 0 Å². The lowest BCUT2D eigenvalue weighted by molar-refractivity contribution is 0.169. The highest BCUT2D eigenvalue weighted by atomic mass is 32.2. The van der Waals surface area contributed by atoms with Gasteiger partial charge in [-0.15, -0.1) is 0 Å². The van der Waals surface area contributed by atoms with Gasteiger partial charge in [0.2, 0.25) is 21.2 Å². The third kappa shape index (κ3) is 6.67. The number of benzene rings is 2. The first-order valence-corrected chi connectivity index (χ1v) is 15.1. The highest BCUT2D eigenvalue weighted by molar-refractivity contribution is 7.90. The molecule has 3 aromatic rings. The molecule has 37 heavy (non-hydrogen) atoms. The molecule has 0 saturated carbocycles. The average molecular weight is 547 g/mol. The van der Waals surface area contributed by atoms with E-state index in [1.807, 2.05) is 30.9 Å². The Kier molecular flexibility index (Phi) is 7.88. The number of sulfonamides is 1. The van der Waals surface area contributed by atoms with Crippen LogP contribution in [0, 0.1) is 13.8 Å². The molecule has 0 amide bonds. The van der Waals surface area contributed by atoms with Crippen molar-refractivity contribution in [2.75, 3.05) is 32.4 Å². The summed E-state index contributed by atoms with van der Waals surface area (Å²) in [5, 5.41) is 0. The van der Waals surface area contributed by atoms with E-state index in [2.05, 4.69) is 6.07 Å². The molecule has 0 N–H and O–H groups in total. The summed E-state index contributed by atoms with van der Waals surface area (Å²) in [5.41, 5.74) is 2.95. The second kappa shape index (κ2) is 10.8. The number of aryl methyl sites for hydroxylation is 2. The number of sulfone groups is 1.